The molecule has 3 rings (SSSR count). The second-order valence-electron chi connectivity index (χ2n) is 5.22. The van der Waals surface area contributed by atoms with Gasteiger partial charge in [-0.15, -0.1) is 0 Å². The molecule has 0 radical (unpaired) electrons. The lowest BCUT2D eigenvalue weighted by Gasteiger charge is -2.18. The third-order valence-electron chi connectivity index (χ3n) is 3.53. The molecule has 3 aromatic heterocycles. The zero-order valence-corrected chi connectivity index (χ0v) is 13.3. The van der Waals surface area contributed by atoms with Crippen molar-refractivity contribution in [2.45, 2.75) is 25.3 Å². The maximum atomic E-state index is 12.3. The first-order valence-corrected chi connectivity index (χ1v) is 8.35. The van der Waals surface area contributed by atoms with Crippen LogP contribution >= 0.6 is 11.3 Å². The third-order valence-corrected chi connectivity index (χ3v) is 4.26. The number of nitrogens with one attached hydrogen (secondary N) is 1. The fourth-order valence-electron chi connectivity index (χ4n) is 2.35. The van der Waals surface area contributed by atoms with Crippen molar-refractivity contribution in [1.82, 2.24) is 15.5 Å². The Kier molecular flexibility index (Phi) is 5.16. The second-order valence-corrected chi connectivity index (χ2v) is 6.00. The van der Waals surface area contributed by atoms with E-state index in [0.29, 0.717) is 12.8 Å². The number of thiophene rings is 1. The zero-order valence-electron chi connectivity index (χ0n) is 12.5. The fourth-order valence-corrected chi connectivity index (χ4v) is 3.03. The molecule has 1 amide bonds. The number of pyridine rings is 1. The Labute approximate surface area is 138 Å². The van der Waals surface area contributed by atoms with Crippen molar-refractivity contribution < 1.29 is 9.32 Å². The zero-order chi connectivity index (χ0) is 15.9. The van der Waals surface area contributed by atoms with Crippen LogP contribution in [0.15, 0.2) is 58.1 Å². The molecule has 0 aliphatic carbocycles. The molecule has 0 aliphatic heterocycles. The van der Waals surface area contributed by atoms with E-state index in [2.05, 4.69) is 26.9 Å². The number of aryl methyl sites for hydroxylation is 1. The van der Waals surface area contributed by atoms with Gasteiger partial charge in [-0.05, 0) is 40.4 Å². The average Bonchev–Trinajstić information content (AvgIpc) is 3.27. The molecule has 5 nitrogen and oxygen atoms in total. The Morgan fingerprint density at radius 2 is 2.26 bits per heavy atom. The summed E-state index contributed by atoms with van der Waals surface area (Å²) in [7, 11) is 0. The number of aromatic nitrogens is 2. The van der Waals surface area contributed by atoms with Crippen LogP contribution in [0.4, 0.5) is 0 Å². The Hall–Kier alpha value is -2.47. The van der Waals surface area contributed by atoms with Crippen molar-refractivity contribution >= 4 is 17.2 Å². The molecule has 1 unspecified atom stereocenters. The smallest absolute Gasteiger partial charge is 0.220 e. The molecule has 3 aromatic rings. The van der Waals surface area contributed by atoms with Crippen LogP contribution in [-0.4, -0.2) is 16.0 Å². The molecule has 1 N–H and O–H groups in total. The van der Waals surface area contributed by atoms with Crippen LogP contribution in [0.3, 0.4) is 0 Å². The summed E-state index contributed by atoms with van der Waals surface area (Å²) >= 11 is 1.66. The van der Waals surface area contributed by atoms with E-state index in [-0.39, 0.29) is 11.9 Å². The molecule has 0 saturated carbocycles. The van der Waals surface area contributed by atoms with Gasteiger partial charge in [0.2, 0.25) is 5.91 Å². The van der Waals surface area contributed by atoms with Gasteiger partial charge in [0.1, 0.15) is 5.76 Å². The summed E-state index contributed by atoms with van der Waals surface area (Å²) in [6, 6.07) is 7.64. The number of hydrogen-bond acceptors (Lipinski definition) is 5. The van der Waals surface area contributed by atoms with Gasteiger partial charge in [-0.25, -0.2) is 0 Å². The van der Waals surface area contributed by atoms with Gasteiger partial charge in [-0.2, -0.15) is 11.3 Å². The predicted molar refractivity (Wildman–Crippen MR) is 88.0 cm³/mol. The Morgan fingerprint density at radius 1 is 1.30 bits per heavy atom. The summed E-state index contributed by atoms with van der Waals surface area (Å²) < 4.78 is 5.02. The first-order chi connectivity index (χ1) is 11.3. The number of rotatable bonds is 7. The second kappa shape index (κ2) is 7.69. The van der Waals surface area contributed by atoms with Crippen molar-refractivity contribution in [3.05, 3.63) is 70.5 Å². The van der Waals surface area contributed by atoms with E-state index < -0.39 is 0 Å². The normalized spacial score (nSPS) is 12.0. The summed E-state index contributed by atoms with van der Waals surface area (Å²) in [5.74, 6) is 0.710. The molecule has 1 atom stereocenters. The maximum Gasteiger partial charge on any atom is 0.220 e. The van der Waals surface area contributed by atoms with Crippen molar-refractivity contribution in [2.24, 2.45) is 0 Å². The number of amides is 1. The highest BCUT2D eigenvalue weighted by Gasteiger charge is 2.16. The third kappa shape index (κ3) is 4.50. The molecule has 0 spiro atoms. The summed E-state index contributed by atoms with van der Waals surface area (Å²) in [5, 5.41) is 10.9. The van der Waals surface area contributed by atoms with Crippen molar-refractivity contribution in [3.63, 3.8) is 0 Å². The first-order valence-electron chi connectivity index (χ1n) is 7.41. The Morgan fingerprint density at radius 3 is 2.96 bits per heavy atom. The minimum absolute atomic E-state index is 0.00881. The van der Waals surface area contributed by atoms with Gasteiger partial charge in [0.05, 0.1) is 12.2 Å². The van der Waals surface area contributed by atoms with Crippen molar-refractivity contribution in [2.75, 3.05) is 0 Å². The summed E-state index contributed by atoms with van der Waals surface area (Å²) in [4.78, 5) is 16.4. The first kappa shape index (κ1) is 15.4. The predicted octanol–water partition coefficient (Wildman–Crippen LogP) is 3.16. The average molecular weight is 327 g/mol. The van der Waals surface area contributed by atoms with Crippen LogP contribution in [0.2, 0.25) is 0 Å². The van der Waals surface area contributed by atoms with Gasteiger partial charge >= 0.3 is 0 Å². The van der Waals surface area contributed by atoms with E-state index in [4.69, 9.17) is 4.52 Å². The van der Waals surface area contributed by atoms with Crippen LogP contribution in [-0.2, 0) is 17.6 Å². The molecule has 0 aromatic carbocycles. The summed E-state index contributed by atoms with van der Waals surface area (Å²) in [5.41, 5.74) is 2.21. The lowest BCUT2D eigenvalue weighted by atomic mass is 10.0. The highest BCUT2D eigenvalue weighted by Crippen LogP contribution is 2.19. The topological polar surface area (TPSA) is 68.0 Å². The lowest BCUT2D eigenvalue weighted by molar-refractivity contribution is -0.121. The van der Waals surface area contributed by atoms with E-state index in [1.807, 2.05) is 17.5 Å². The van der Waals surface area contributed by atoms with Crippen LogP contribution in [0.25, 0.3) is 0 Å². The number of hydrogen-bond donors (Lipinski definition) is 1. The molecule has 0 aliphatic rings. The minimum Gasteiger partial charge on any atom is -0.361 e. The van der Waals surface area contributed by atoms with Gasteiger partial charge < -0.3 is 9.84 Å². The minimum atomic E-state index is -0.0828. The van der Waals surface area contributed by atoms with E-state index in [1.165, 1.54) is 5.56 Å². The molecule has 118 valence electrons. The molecule has 6 heteroatoms. The Balaban J connectivity index is 1.64. The van der Waals surface area contributed by atoms with E-state index in [9.17, 15) is 4.79 Å². The van der Waals surface area contributed by atoms with Crippen LogP contribution in [0.1, 0.15) is 29.3 Å². The highest BCUT2D eigenvalue weighted by molar-refractivity contribution is 7.07. The molecule has 3 heterocycles. The largest absolute Gasteiger partial charge is 0.361 e. The van der Waals surface area contributed by atoms with Crippen LogP contribution in [0, 0.1) is 0 Å². The van der Waals surface area contributed by atoms with E-state index in [1.54, 1.807) is 36.0 Å². The fraction of sp³-hybridized carbons (Fsp3) is 0.235. The number of carbonyl (C=O) groups is 1. The quantitative estimate of drug-likeness (QED) is 0.724. The van der Waals surface area contributed by atoms with Crippen LogP contribution < -0.4 is 5.32 Å². The molecule has 0 fully saturated rings. The Bertz CT molecular complexity index is 712. The standard InChI is InChI=1S/C17H17N3O2S/c21-17(4-3-15-5-8-19-22-15)20-16(10-13-6-9-23-12-13)14-2-1-7-18-11-14/h1-2,5-9,11-12,16H,3-4,10H2,(H,20,21). The van der Waals surface area contributed by atoms with Gasteiger partial charge in [0, 0.05) is 31.3 Å². The van der Waals surface area contributed by atoms with Crippen LogP contribution in [0.5, 0.6) is 0 Å². The van der Waals surface area contributed by atoms with Crippen molar-refractivity contribution in [3.8, 4) is 0 Å². The number of carbonyl (C=O) groups excluding carboxylic acids is 1. The van der Waals surface area contributed by atoms with Gasteiger partial charge in [-0.1, -0.05) is 11.2 Å². The molecular formula is C17H17N3O2S. The van der Waals surface area contributed by atoms with Gasteiger partial charge in [-0.3, -0.25) is 9.78 Å². The highest BCUT2D eigenvalue weighted by atomic mass is 32.1. The van der Waals surface area contributed by atoms with Crippen molar-refractivity contribution in [1.29, 1.82) is 0 Å². The molecule has 0 bridgehead atoms. The summed E-state index contributed by atoms with van der Waals surface area (Å²) in [6.45, 7) is 0. The SMILES string of the molecule is O=C(CCc1ccno1)NC(Cc1ccsc1)c1cccnc1. The maximum absolute atomic E-state index is 12.3. The van der Waals surface area contributed by atoms with E-state index >= 15 is 0 Å². The lowest BCUT2D eigenvalue weighted by Crippen LogP contribution is -2.30. The number of nitrogens with zero attached hydrogens (tertiary/aromatic N) is 2. The molecular weight excluding hydrogens is 310 g/mol. The molecule has 0 saturated heterocycles. The monoisotopic (exact) mass is 327 g/mol. The molecule has 23 heavy (non-hydrogen) atoms. The van der Waals surface area contributed by atoms with Gasteiger partial charge in [0.25, 0.3) is 0 Å². The van der Waals surface area contributed by atoms with E-state index in [0.717, 1.165) is 17.7 Å². The summed E-state index contributed by atoms with van der Waals surface area (Å²) in [6.07, 6.45) is 6.79. The van der Waals surface area contributed by atoms with Gasteiger partial charge in [0.15, 0.2) is 0 Å².